The van der Waals surface area contributed by atoms with Crippen molar-refractivity contribution >= 4 is 34.3 Å². The number of rotatable bonds is 6. The van der Waals surface area contributed by atoms with E-state index in [-0.39, 0.29) is 36.4 Å². The van der Waals surface area contributed by atoms with Crippen LogP contribution in [-0.4, -0.2) is 46.4 Å². The lowest BCUT2D eigenvalue weighted by atomic mass is 10.3. The first-order valence-electron chi connectivity index (χ1n) is 6.21. The van der Waals surface area contributed by atoms with Crippen molar-refractivity contribution in [2.75, 3.05) is 18.9 Å². The van der Waals surface area contributed by atoms with Gasteiger partial charge < -0.3 is 15.3 Å². The Morgan fingerprint density at radius 1 is 1.50 bits per heavy atom. The number of anilines is 1. The van der Waals surface area contributed by atoms with Gasteiger partial charge in [-0.25, -0.2) is 4.98 Å². The molecule has 0 atom stereocenters. The second kappa shape index (κ2) is 6.00. The first kappa shape index (κ1) is 14.4. The third kappa shape index (κ3) is 3.77. The first-order valence-corrected chi connectivity index (χ1v) is 7.09. The number of nitrogens with zero attached hydrogens (tertiary/aromatic N) is 2. The predicted octanol–water partition coefficient (Wildman–Crippen LogP) is 1.04. The summed E-state index contributed by atoms with van der Waals surface area (Å²) in [7, 11) is 1.52. The molecular formula is C12H15N3O4S. The number of aromatic nitrogens is 1. The molecule has 1 aromatic heterocycles. The van der Waals surface area contributed by atoms with Gasteiger partial charge in [0.1, 0.15) is 5.69 Å². The molecule has 2 N–H and O–H groups in total. The van der Waals surface area contributed by atoms with Gasteiger partial charge in [0.25, 0.3) is 5.91 Å². The number of aliphatic carboxylic acids is 1. The fourth-order valence-corrected chi connectivity index (χ4v) is 2.23. The monoisotopic (exact) mass is 297 g/mol. The second-order valence-electron chi connectivity index (χ2n) is 4.67. The summed E-state index contributed by atoms with van der Waals surface area (Å²) in [4.78, 5) is 39.3. The molecule has 2 rings (SSSR count). The van der Waals surface area contributed by atoms with Crippen molar-refractivity contribution in [1.82, 2.24) is 9.88 Å². The molecule has 0 radical (unpaired) electrons. The summed E-state index contributed by atoms with van der Waals surface area (Å²) in [5.41, 5.74) is 0.217. The lowest BCUT2D eigenvalue weighted by Gasteiger charge is -2.14. The van der Waals surface area contributed by atoms with Gasteiger partial charge >= 0.3 is 5.97 Å². The van der Waals surface area contributed by atoms with Crippen LogP contribution in [-0.2, 0) is 9.59 Å². The molecule has 0 spiro atoms. The van der Waals surface area contributed by atoms with E-state index in [0.717, 1.165) is 12.8 Å². The van der Waals surface area contributed by atoms with Crippen molar-refractivity contribution in [2.24, 2.45) is 5.92 Å². The zero-order chi connectivity index (χ0) is 14.7. The van der Waals surface area contributed by atoms with E-state index in [1.54, 1.807) is 5.38 Å². The highest BCUT2D eigenvalue weighted by atomic mass is 32.1. The highest BCUT2D eigenvalue weighted by Crippen LogP contribution is 2.30. The van der Waals surface area contributed by atoms with Crippen LogP contribution in [0.5, 0.6) is 0 Å². The maximum absolute atomic E-state index is 12.0. The van der Waals surface area contributed by atoms with Crippen molar-refractivity contribution in [2.45, 2.75) is 19.3 Å². The Bertz CT molecular complexity index is 539. The fraction of sp³-hybridized carbons (Fsp3) is 0.500. The summed E-state index contributed by atoms with van der Waals surface area (Å²) in [6, 6.07) is 0. The smallest absolute Gasteiger partial charge is 0.305 e. The average molecular weight is 297 g/mol. The molecule has 1 saturated carbocycles. The number of hydrogen-bond acceptors (Lipinski definition) is 5. The molecule has 0 aliphatic heterocycles. The van der Waals surface area contributed by atoms with Crippen molar-refractivity contribution in [3.05, 3.63) is 11.1 Å². The van der Waals surface area contributed by atoms with Crippen LogP contribution >= 0.6 is 11.3 Å². The van der Waals surface area contributed by atoms with E-state index < -0.39 is 5.97 Å². The molecule has 2 amide bonds. The van der Waals surface area contributed by atoms with Crippen LogP contribution in [0.2, 0.25) is 0 Å². The summed E-state index contributed by atoms with van der Waals surface area (Å²) in [6.07, 6.45) is 1.69. The number of carbonyl (C=O) groups excluding carboxylic acids is 2. The van der Waals surface area contributed by atoms with Crippen LogP contribution in [0.1, 0.15) is 29.8 Å². The normalized spacial score (nSPS) is 13.8. The van der Waals surface area contributed by atoms with Crippen LogP contribution in [0.4, 0.5) is 5.13 Å². The molecule has 1 aromatic rings. The number of amides is 2. The van der Waals surface area contributed by atoms with Gasteiger partial charge in [-0.2, -0.15) is 0 Å². The molecule has 1 heterocycles. The minimum atomic E-state index is -0.958. The average Bonchev–Trinajstić information content (AvgIpc) is 3.16. The quantitative estimate of drug-likeness (QED) is 0.817. The SMILES string of the molecule is CN(CCC(=O)O)C(=O)c1csc(NC(=O)C2CC2)n1. The first-order chi connectivity index (χ1) is 9.47. The number of thiazole rings is 1. The molecule has 1 aliphatic carbocycles. The third-order valence-corrected chi connectivity index (χ3v) is 3.67. The zero-order valence-electron chi connectivity index (χ0n) is 11.0. The Kier molecular flexibility index (Phi) is 4.33. The fourth-order valence-electron chi connectivity index (χ4n) is 1.54. The highest BCUT2D eigenvalue weighted by molar-refractivity contribution is 7.14. The van der Waals surface area contributed by atoms with E-state index in [9.17, 15) is 14.4 Å². The summed E-state index contributed by atoms with van der Waals surface area (Å²) >= 11 is 1.19. The molecule has 0 bridgehead atoms. The Hall–Kier alpha value is -1.96. The number of hydrogen-bond donors (Lipinski definition) is 2. The standard InChI is InChI=1S/C12H15N3O4S/c1-15(5-4-9(16)17)11(19)8-6-20-12(13-8)14-10(18)7-2-3-7/h6-7H,2-5H2,1H3,(H,16,17)(H,13,14,18). The molecule has 108 valence electrons. The van der Waals surface area contributed by atoms with Crippen LogP contribution in [0, 0.1) is 5.92 Å². The van der Waals surface area contributed by atoms with Crippen molar-refractivity contribution in [3.63, 3.8) is 0 Å². The van der Waals surface area contributed by atoms with Crippen molar-refractivity contribution in [3.8, 4) is 0 Å². The molecule has 20 heavy (non-hydrogen) atoms. The van der Waals surface area contributed by atoms with Gasteiger partial charge in [0.15, 0.2) is 5.13 Å². The van der Waals surface area contributed by atoms with E-state index in [4.69, 9.17) is 5.11 Å². The molecule has 1 aliphatic rings. The van der Waals surface area contributed by atoms with Crippen LogP contribution in [0.3, 0.4) is 0 Å². The van der Waals surface area contributed by atoms with Gasteiger partial charge in [-0.1, -0.05) is 0 Å². The summed E-state index contributed by atoms with van der Waals surface area (Å²) in [5, 5.41) is 13.2. The van der Waals surface area contributed by atoms with Gasteiger partial charge in [-0.05, 0) is 12.8 Å². The number of carbonyl (C=O) groups is 3. The summed E-state index contributed by atoms with van der Waals surface area (Å²) in [5.74, 6) is -1.29. The topological polar surface area (TPSA) is 99.6 Å². The maximum atomic E-state index is 12.0. The highest BCUT2D eigenvalue weighted by Gasteiger charge is 2.30. The Balaban J connectivity index is 1.91. The number of carboxylic acid groups (broad SMARTS) is 1. The van der Waals surface area contributed by atoms with Crippen LogP contribution in [0.25, 0.3) is 0 Å². The lowest BCUT2D eigenvalue weighted by molar-refractivity contribution is -0.137. The van der Waals surface area contributed by atoms with Crippen LogP contribution < -0.4 is 5.32 Å². The Labute approximate surface area is 119 Å². The molecule has 0 unspecified atom stereocenters. The third-order valence-electron chi connectivity index (χ3n) is 2.91. The van der Waals surface area contributed by atoms with E-state index in [1.807, 2.05) is 0 Å². The van der Waals surface area contributed by atoms with E-state index in [0.29, 0.717) is 5.13 Å². The second-order valence-corrected chi connectivity index (χ2v) is 5.53. The van der Waals surface area contributed by atoms with E-state index in [2.05, 4.69) is 10.3 Å². The molecular weight excluding hydrogens is 282 g/mol. The summed E-state index contributed by atoms with van der Waals surface area (Å²) in [6.45, 7) is 0.120. The molecule has 8 heteroatoms. The predicted molar refractivity (Wildman–Crippen MR) is 72.7 cm³/mol. The van der Waals surface area contributed by atoms with Crippen molar-refractivity contribution < 1.29 is 19.5 Å². The summed E-state index contributed by atoms with van der Waals surface area (Å²) < 4.78 is 0. The molecule has 0 saturated heterocycles. The maximum Gasteiger partial charge on any atom is 0.305 e. The number of nitrogens with one attached hydrogen (secondary N) is 1. The Morgan fingerprint density at radius 2 is 2.20 bits per heavy atom. The van der Waals surface area contributed by atoms with Crippen molar-refractivity contribution in [1.29, 1.82) is 0 Å². The van der Waals surface area contributed by atoms with Gasteiger partial charge in [0.2, 0.25) is 5.91 Å². The molecule has 7 nitrogen and oxygen atoms in total. The van der Waals surface area contributed by atoms with Gasteiger partial charge in [0, 0.05) is 24.9 Å². The van der Waals surface area contributed by atoms with Gasteiger partial charge in [-0.15, -0.1) is 11.3 Å². The number of carboxylic acids is 1. The van der Waals surface area contributed by atoms with E-state index in [1.165, 1.54) is 23.3 Å². The zero-order valence-corrected chi connectivity index (χ0v) is 11.8. The minimum Gasteiger partial charge on any atom is -0.481 e. The molecule has 1 fully saturated rings. The van der Waals surface area contributed by atoms with Crippen LogP contribution in [0.15, 0.2) is 5.38 Å². The Morgan fingerprint density at radius 3 is 2.80 bits per heavy atom. The largest absolute Gasteiger partial charge is 0.481 e. The van der Waals surface area contributed by atoms with Gasteiger partial charge in [-0.3, -0.25) is 14.4 Å². The lowest BCUT2D eigenvalue weighted by Crippen LogP contribution is -2.29. The molecule has 0 aromatic carbocycles. The van der Waals surface area contributed by atoms with E-state index >= 15 is 0 Å². The minimum absolute atomic E-state index is 0.0578. The van der Waals surface area contributed by atoms with Gasteiger partial charge in [0.05, 0.1) is 6.42 Å².